The minimum absolute atomic E-state index is 0. The van der Waals surface area contributed by atoms with Crippen molar-refractivity contribution in [1.82, 2.24) is 9.13 Å². The molecule has 0 aliphatic rings. The van der Waals surface area contributed by atoms with Crippen LogP contribution < -0.4 is 9.47 Å². The molecule has 7 aromatic carbocycles. The minimum Gasteiger partial charge on any atom is -0.509 e. The zero-order chi connectivity index (χ0) is 30.5. The zero-order valence-corrected chi connectivity index (χ0v) is 29.3. The van der Waals surface area contributed by atoms with Crippen molar-refractivity contribution >= 4 is 43.6 Å². The van der Waals surface area contributed by atoms with Crippen molar-refractivity contribution in [3.05, 3.63) is 170 Å². The first kappa shape index (κ1) is 29.2. The van der Waals surface area contributed by atoms with Crippen molar-refractivity contribution in [2.24, 2.45) is 0 Å². The maximum atomic E-state index is 6.29. The van der Waals surface area contributed by atoms with Crippen LogP contribution in [0.1, 0.15) is 0 Å². The summed E-state index contributed by atoms with van der Waals surface area (Å²) in [4.78, 5) is 0. The van der Waals surface area contributed by atoms with E-state index in [4.69, 9.17) is 9.47 Å². The molecule has 0 saturated heterocycles. The van der Waals surface area contributed by atoms with E-state index in [-0.39, 0.29) is 31.1 Å². The van der Waals surface area contributed by atoms with Crippen LogP contribution in [0.4, 0.5) is 0 Å². The van der Waals surface area contributed by atoms with Gasteiger partial charge in [0.15, 0.2) is 0 Å². The molecule has 9 aromatic rings. The molecule has 0 saturated carbocycles. The van der Waals surface area contributed by atoms with Crippen molar-refractivity contribution in [3.8, 4) is 34.4 Å². The maximum absolute atomic E-state index is 6.29. The van der Waals surface area contributed by atoms with Crippen LogP contribution in [-0.2, 0) is 0 Å². The first-order valence-electron chi connectivity index (χ1n) is 15.2. The van der Waals surface area contributed by atoms with Gasteiger partial charge in [-0.2, -0.15) is 36.4 Å². The van der Waals surface area contributed by atoms with Crippen LogP contribution in [0.5, 0.6) is 23.0 Å². The summed E-state index contributed by atoms with van der Waals surface area (Å²) in [6, 6.07) is 61.0. The quantitative estimate of drug-likeness (QED) is 0.156. The smallest absolute Gasteiger partial charge is 0.509 e. The molecule has 0 atom stereocenters. The summed E-state index contributed by atoms with van der Waals surface area (Å²) in [6.45, 7) is 0. The predicted octanol–water partition coefficient (Wildman–Crippen LogP) is 10.9. The number of hydrogen-bond acceptors (Lipinski definition) is 2. The Morgan fingerprint density at radius 2 is 1.00 bits per heavy atom. The molecule has 0 fully saturated rings. The van der Waals surface area contributed by atoms with Crippen molar-refractivity contribution in [2.75, 3.05) is 0 Å². The first-order chi connectivity index (χ1) is 22.8. The molecule has 47 heavy (non-hydrogen) atoms. The predicted molar refractivity (Wildman–Crippen MR) is 185 cm³/mol. The molecule has 0 N–H and O–H groups in total. The van der Waals surface area contributed by atoms with Gasteiger partial charge in [0.05, 0.1) is 22.1 Å². The van der Waals surface area contributed by atoms with Gasteiger partial charge in [-0.15, -0.1) is 36.4 Å². The Kier molecular flexibility index (Phi) is 7.58. The fraction of sp³-hybridized carbons (Fsp3) is 0. The zero-order valence-electron chi connectivity index (χ0n) is 25.1. The molecule has 2 heterocycles. The van der Waals surface area contributed by atoms with Gasteiger partial charge in [0.1, 0.15) is 0 Å². The van der Waals surface area contributed by atoms with Gasteiger partial charge < -0.3 is 18.6 Å². The van der Waals surface area contributed by atoms with Gasteiger partial charge in [-0.05, 0) is 30.3 Å². The number of rotatable bonds is 6. The first-order valence-corrected chi connectivity index (χ1v) is 15.2. The second-order valence-corrected chi connectivity index (χ2v) is 11.1. The molecule has 0 aliphatic heterocycles. The molecule has 0 amide bonds. The fourth-order valence-electron chi connectivity index (χ4n) is 6.49. The Balaban J connectivity index is 0.00000324. The molecule has 219 valence electrons. The van der Waals surface area contributed by atoms with E-state index in [2.05, 4.69) is 118 Å². The molecule has 0 spiro atoms. The molecule has 0 aliphatic carbocycles. The van der Waals surface area contributed by atoms with Crippen LogP contribution in [0.25, 0.3) is 55.0 Å². The third-order valence-electron chi connectivity index (χ3n) is 8.35. The number of ether oxygens (including phenoxy) is 2. The summed E-state index contributed by atoms with van der Waals surface area (Å²) < 4.78 is 17.3. The van der Waals surface area contributed by atoms with Crippen molar-refractivity contribution < 1.29 is 40.6 Å². The van der Waals surface area contributed by atoms with Gasteiger partial charge in [0, 0.05) is 50.2 Å². The Hall–Kier alpha value is -5.21. The van der Waals surface area contributed by atoms with Crippen molar-refractivity contribution in [3.63, 3.8) is 0 Å². The Morgan fingerprint density at radius 1 is 0.426 bits per heavy atom. The monoisotopic (exact) mass is 827 g/mol. The van der Waals surface area contributed by atoms with Gasteiger partial charge in [0.2, 0.25) is 0 Å². The Labute approximate surface area is 295 Å². The second kappa shape index (κ2) is 12.2. The standard InChI is InChI=1S/C42H25N2O2.U/c1-4-14-29(15-5-1)44-38-22-12-10-20-35(38)36-24-25-40-41(42(36)44)37-21-11-13-23-39(37)43(40)30-26-33(45-31-16-6-2-7-17-31)28-34(27-30)46-32-18-8-3-9-19-32;/h1-16,18,20-27H;/q-3;+3. The normalized spacial score (nSPS) is 11.2. The molecular weight excluding hydrogens is 803 g/mol. The van der Waals surface area contributed by atoms with E-state index in [1.54, 1.807) is 0 Å². The van der Waals surface area contributed by atoms with Crippen molar-refractivity contribution in [1.29, 1.82) is 0 Å². The van der Waals surface area contributed by atoms with Gasteiger partial charge in [-0.25, -0.2) is 0 Å². The van der Waals surface area contributed by atoms with Crippen LogP contribution >= 0.6 is 0 Å². The number of nitrogens with zero attached hydrogens (tertiary/aromatic N) is 2. The van der Waals surface area contributed by atoms with Gasteiger partial charge in [-0.1, -0.05) is 72.4 Å². The van der Waals surface area contributed by atoms with Crippen LogP contribution in [0.15, 0.2) is 152 Å². The molecule has 0 unspecified atom stereocenters. The summed E-state index contributed by atoms with van der Waals surface area (Å²) in [5, 5.41) is 4.77. The van der Waals surface area contributed by atoms with E-state index in [0.29, 0.717) is 23.0 Å². The van der Waals surface area contributed by atoms with E-state index in [1.807, 2.05) is 60.7 Å². The molecule has 5 heteroatoms. The van der Waals surface area contributed by atoms with E-state index in [0.717, 1.165) is 27.8 Å². The van der Waals surface area contributed by atoms with Crippen LogP contribution in [0.2, 0.25) is 0 Å². The summed E-state index contributed by atoms with van der Waals surface area (Å²) >= 11 is 0. The van der Waals surface area contributed by atoms with Crippen LogP contribution in [0, 0.1) is 49.3 Å². The summed E-state index contributed by atoms with van der Waals surface area (Å²) in [5.74, 6) is 2.25. The molecular formula is C42H25N2O2U. The van der Waals surface area contributed by atoms with E-state index < -0.39 is 0 Å². The third-order valence-corrected chi connectivity index (χ3v) is 8.35. The van der Waals surface area contributed by atoms with Gasteiger partial charge in [0.25, 0.3) is 0 Å². The third kappa shape index (κ3) is 5.09. The molecule has 4 nitrogen and oxygen atoms in total. The summed E-state index contributed by atoms with van der Waals surface area (Å²) in [6.07, 6.45) is 0. The van der Waals surface area contributed by atoms with Gasteiger partial charge >= 0.3 is 31.1 Å². The number of fused-ring (bicyclic) bond motifs is 7. The minimum atomic E-state index is 0. The number of aromatic nitrogens is 2. The van der Waals surface area contributed by atoms with Gasteiger partial charge in [-0.3, -0.25) is 0 Å². The molecule has 2 aromatic heterocycles. The van der Waals surface area contributed by atoms with E-state index in [1.165, 1.54) is 27.2 Å². The number of benzene rings is 7. The largest absolute Gasteiger partial charge is 3.00 e. The number of para-hydroxylation sites is 5. The SMILES string of the molecule is [U+3].[c-]1ccccc1Oc1[c-]c(Oc2[c-]cccc2)cc(-n2c3ccccc3c3c2ccc2c4ccccc4n(-c4ccccc4)c23)c1. The van der Waals surface area contributed by atoms with Crippen LogP contribution in [0.3, 0.4) is 0 Å². The Morgan fingerprint density at radius 3 is 1.64 bits per heavy atom. The van der Waals surface area contributed by atoms with E-state index in [9.17, 15) is 0 Å². The molecule has 9 rings (SSSR count). The summed E-state index contributed by atoms with van der Waals surface area (Å²) in [5.41, 5.74) is 6.52. The topological polar surface area (TPSA) is 28.3 Å². The second-order valence-electron chi connectivity index (χ2n) is 11.1. The average molecular weight is 828 g/mol. The van der Waals surface area contributed by atoms with Crippen LogP contribution in [-0.4, -0.2) is 9.13 Å². The fourth-order valence-corrected chi connectivity index (χ4v) is 6.49. The summed E-state index contributed by atoms with van der Waals surface area (Å²) in [7, 11) is 0. The number of hydrogen-bond donors (Lipinski definition) is 0. The maximum Gasteiger partial charge on any atom is 3.00 e. The average Bonchev–Trinajstić information content (AvgIpc) is 3.62. The molecule has 0 bridgehead atoms. The molecule has 1 radical (unpaired) electrons. The van der Waals surface area contributed by atoms with Crippen molar-refractivity contribution in [2.45, 2.75) is 0 Å². The Bertz CT molecular complexity index is 2460. The van der Waals surface area contributed by atoms with E-state index >= 15 is 0 Å².